The Morgan fingerprint density at radius 2 is 2.37 bits per heavy atom. The van der Waals surface area contributed by atoms with E-state index < -0.39 is 0 Å². The second-order valence-electron chi connectivity index (χ2n) is 5.11. The van der Waals surface area contributed by atoms with E-state index in [1.807, 2.05) is 19.1 Å². The third-order valence-electron chi connectivity index (χ3n) is 3.62. The minimum atomic E-state index is -0.0242. The number of hydrogen-bond donors (Lipinski definition) is 2. The van der Waals surface area contributed by atoms with Crippen LogP contribution in [0.4, 0.5) is 0 Å². The van der Waals surface area contributed by atoms with E-state index in [0.717, 1.165) is 30.9 Å². The lowest BCUT2D eigenvalue weighted by molar-refractivity contribution is 0.0944. The fourth-order valence-corrected chi connectivity index (χ4v) is 2.40. The molecule has 2 N–H and O–H groups in total. The summed E-state index contributed by atoms with van der Waals surface area (Å²) in [5.74, 6) is 1.28. The van der Waals surface area contributed by atoms with Gasteiger partial charge >= 0.3 is 0 Å². The van der Waals surface area contributed by atoms with Crippen molar-refractivity contribution in [1.29, 1.82) is 0 Å². The highest BCUT2D eigenvalue weighted by Gasteiger charge is 2.15. The molecule has 0 aliphatic carbocycles. The number of carbonyl (C=O) groups is 1. The van der Waals surface area contributed by atoms with Gasteiger partial charge in [-0.05, 0) is 56.5 Å². The molecule has 1 atom stereocenters. The van der Waals surface area contributed by atoms with Gasteiger partial charge in [-0.1, -0.05) is 6.07 Å². The summed E-state index contributed by atoms with van der Waals surface area (Å²) in [4.78, 5) is 12.1. The van der Waals surface area contributed by atoms with Gasteiger partial charge in [0, 0.05) is 12.1 Å². The summed E-state index contributed by atoms with van der Waals surface area (Å²) < 4.78 is 5.24. The van der Waals surface area contributed by atoms with Crippen molar-refractivity contribution in [3.05, 3.63) is 29.3 Å². The normalized spacial score (nSPS) is 18.9. The van der Waals surface area contributed by atoms with Gasteiger partial charge in [-0.2, -0.15) is 0 Å². The van der Waals surface area contributed by atoms with Gasteiger partial charge in [0.05, 0.1) is 7.11 Å². The van der Waals surface area contributed by atoms with Gasteiger partial charge in [-0.3, -0.25) is 4.79 Å². The number of rotatable bonds is 4. The van der Waals surface area contributed by atoms with Crippen LogP contribution in [-0.4, -0.2) is 32.7 Å². The first-order chi connectivity index (χ1) is 9.20. The molecule has 0 bridgehead atoms. The molecule has 1 amide bonds. The van der Waals surface area contributed by atoms with Gasteiger partial charge in [0.2, 0.25) is 0 Å². The summed E-state index contributed by atoms with van der Waals surface area (Å²) in [6, 6.07) is 5.55. The molecule has 1 aliphatic rings. The van der Waals surface area contributed by atoms with Crippen molar-refractivity contribution in [1.82, 2.24) is 10.6 Å². The van der Waals surface area contributed by atoms with Crippen molar-refractivity contribution >= 4 is 5.91 Å². The Labute approximate surface area is 114 Å². The molecule has 2 rings (SSSR count). The minimum absolute atomic E-state index is 0.0242. The molecule has 1 fully saturated rings. The van der Waals surface area contributed by atoms with Crippen LogP contribution >= 0.6 is 0 Å². The largest absolute Gasteiger partial charge is 0.496 e. The van der Waals surface area contributed by atoms with Crippen LogP contribution in [0.2, 0.25) is 0 Å². The van der Waals surface area contributed by atoms with Crippen LogP contribution in [-0.2, 0) is 0 Å². The smallest absolute Gasteiger partial charge is 0.251 e. The molecule has 1 unspecified atom stereocenters. The third kappa shape index (κ3) is 3.70. The predicted molar refractivity (Wildman–Crippen MR) is 75.7 cm³/mol. The molecular weight excluding hydrogens is 240 g/mol. The first-order valence-electron chi connectivity index (χ1n) is 6.84. The number of ether oxygens (including phenoxy) is 1. The van der Waals surface area contributed by atoms with Gasteiger partial charge in [0.25, 0.3) is 5.91 Å². The Balaban J connectivity index is 1.92. The van der Waals surface area contributed by atoms with Crippen LogP contribution in [0, 0.1) is 12.8 Å². The highest BCUT2D eigenvalue weighted by Crippen LogP contribution is 2.19. The maximum atomic E-state index is 12.1. The van der Waals surface area contributed by atoms with E-state index in [-0.39, 0.29) is 5.91 Å². The number of aryl methyl sites for hydroxylation is 1. The second-order valence-corrected chi connectivity index (χ2v) is 5.11. The van der Waals surface area contributed by atoms with Crippen molar-refractivity contribution < 1.29 is 9.53 Å². The molecule has 0 radical (unpaired) electrons. The number of nitrogens with one attached hydrogen (secondary N) is 2. The van der Waals surface area contributed by atoms with E-state index in [1.165, 1.54) is 12.8 Å². The van der Waals surface area contributed by atoms with Crippen molar-refractivity contribution in [3.63, 3.8) is 0 Å². The lowest BCUT2D eigenvalue weighted by Gasteiger charge is -2.22. The molecular formula is C15H22N2O2. The van der Waals surface area contributed by atoms with E-state index in [2.05, 4.69) is 10.6 Å². The molecule has 104 valence electrons. The maximum absolute atomic E-state index is 12.1. The van der Waals surface area contributed by atoms with Crippen LogP contribution in [0.3, 0.4) is 0 Å². The Bertz CT molecular complexity index is 440. The molecule has 1 aliphatic heterocycles. The number of benzene rings is 1. The summed E-state index contributed by atoms with van der Waals surface area (Å²) in [5.41, 5.74) is 1.70. The van der Waals surface area contributed by atoms with Crippen molar-refractivity contribution in [2.45, 2.75) is 19.8 Å². The monoisotopic (exact) mass is 262 g/mol. The third-order valence-corrected chi connectivity index (χ3v) is 3.62. The van der Waals surface area contributed by atoms with Crippen LogP contribution in [0.25, 0.3) is 0 Å². The standard InChI is InChI=1S/C15H22N2O2/c1-11-5-6-13(8-14(11)19-2)15(18)17-10-12-4-3-7-16-9-12/h5-6,8,12,16H,3-4,7,9-10H2,1-2H3,(H,17,18). The number of amides is 1. The lowest BCUT2D eigenvalue weighted by atomic mass is 9.99. The first kappa shape index (κ1) is 13.9. The van der Waals surface area contributed by atoms with E-state index in [0.29, 0.717) is 11.5 Å². The molecule has 4 heteroatoms. The molecule has 1 aromatic carbocycles. The molecule has 4 nitrogen and oxygen atoms in total. The molecule has 0 spiro atoms. The van der Waals surface area contributed by atoms with Gasteiger partial charge in [0.15, 0.2) is 0 Å². The molecule has 1 saturated heterocycles. The zero-order chi connectivity index (χ0) is 13.7. The van der Waals surface area contributed by atoms with Crippen molar-refractivity contribution in [2.24, 2.45) is 5.92 Å². The summed E-state index contributed by atoms with van der Waals surface area (Å²) in [5, 5.41) is 6.36. The Kier molecular flexibility index (Phi) is 4.80. The summed E-state index contributed by atoms with van der Waals surface area (Å²) in [7, 11) is 1.62. The quantitative estimate of drug-likeness (QED) is 0.869. The van der Waals surface area contributed by atoms with Crippen LogP contribution in [0.15, 0.2) is 18.2 Å². The summed E-state index contributed by atoms with van der Waals surface area (Å²) in [6.07, 6.45) is 2.38. The number of carbonyl (C=O) groups excluding carboxylic acids is 1. The van der Waals surface area contributed by atoms with Crippen LogP contribution < -0.4 is 15.4 Å². The van der Waals surface area contributed by atoms with Crippen molar-refractivity contribution in [3.8, 4) is 5.75 Å². The zero-order valence-corrected chi connectivity index (χ0v) is 11.7. The topological polar surface area (TPSA) is 50.4 Å². The Morgan fingerprint density at radius 1 is 1.53 bits per heavy atom. The van der Waals surface area contributed by atoms with Crippen LogP contribution in [0.5, 0.6) is 5.75 Å². The molecule has 0 saturated carbocycles. The summed E-state index contributed by atoms with van der Waals surface area (Å²) in [6.45, 7) is 4.80. The lowest BCUT2D eigenvalue weighted by Crippen LogP contribution is -2.38. The summed E-state index contributed by atoms with van der Waals surface area (Å²) >= 11 is 0. The predicted octanol–water partition coefficient (Wildman–Crippen LogP) is 1.73. The average molecular weight is 262 g/mol. The fourth-order valence-electron chi connectivity index (χ4n) is 2.40. The fraction of sp³-hybridized carbons (Fsp3) is 0.533. The molecule has 19 heavy (non-hydrogen) atoms. The highest BCUT2D eigenvalue weighted by atomic mass is 16.5. The Hall–Kier alpha value is -1.55. The molecule has 1 aromatic rings. The van der Waals surface area contributed by atoms with E-state index in [9.17, 15) is 4.79 Å². The number of hydrogen-bond acceptors (Lipinski definition) is 3. The molecule has 1 heterocycles. The zero-order valence-electron chi connectivity index (χ0n) is 11.7. The first-order valence-corrected chi connectivity index (χ1v) is 6.84. The van der Waals surface area contributed by atoms with E-state index >= 15 is 0 Å². The SMILES string of the molecule is COc1cc(C(=O)NCC2CCCNC2)ccc1C. The number of methoxy groups -OCH3 is 1. The maximum Gasteiger partial charge on any atom is 0.251 e. The van der Waals surface area contributed by atoms with E-state index in [4.69, 9.17) is 4.74 Å². The van der Waals surface area contributed by atoms with Crippen LogP contribution in [0.1, 0.15) is 28.8 Å². The van der Waals surface area contributed by atoms with E-state index in [1.54, 1.807) is 13.2 Å². The number of piperidine rings is 1. The van der Waals surface area contributed by atoms with Gasteiger partial charge in [-0.15, -0.1) is 0 Å². The average Bonchev–Trinajstić information content (AvgIpc) is 2.46. The highest BCUT2D eigenvalue weighted by molar-refractivity contribution is 5.94. The van der Waals surface area contributed by atoms with Gasteiger partial charge in [0.1, 0.15) is 5.75 Å². The van der Waals surface area contributed by atoms with Crippen molar-refractivity contribution in [2.75, 3.05) is 26.7 Å². The Morgan fingerprint density at radius 3 is 3.05 bits per heavy atom. The van der Waals surface area contributed by atoms with Gasteiger partial charge in [-0.25, -0.2) is 0 Å². The second kappa shape index (κ2) is 6.57. The molecule has 0 aromatic heterocycles. The minimum Gasteiger partial charge on any atom is -0.496 e. The van der Waals surface area contributed by atoms with Gasteiger partial charge < -0.3 is 15.4 Å².